The number of rotatable bonds is 2. The molecule has 0 bridgehead atoms. The monoisotopic (exact) mass is 308 g/mol. The average molecular weight is 308 g/mol. The van der Waals surface area contributed by atoms with E-state index in [9.17, 15) is 14.7 Å². The predicted octanol–water partition coefficient (Wildman–Crippen LogP) is 2.14. The second-order valence-corrected chi connectivity index (χ2v) is 6.23. The molecule has 1 heterocycles. The molecule has 1 fully saturated rings. The van der Waals surface area contributed by atoms with E-state index in [1.54, 1.807) is 6.92 Å². The van der Waals surface area contributed by atoms with Crippen molar-refractivity contribution in [3.63, 3.8) is 0 Å². The van der Waals surface area contributed by atoms with Gasteiger partial charge in [0.15, 0.2) is 0 Å². The summed E-state index contributed by atoms with van der Waals surface area (Å²) in [5.41, 5.74) is 2.02. The summed E-state index contributed by atoms with van der Waals surface area (Å²) in [6, 6.07) is 0. The quantitative estimate of drug-likeness (QED) is 0.625. The summed E-state index contributed by atoms with van der Waals surface area (Å²) < 4.78 is 10.5. The van der Waals surface area contributed by atoms with Gasteiger partial charge in [-0.2, -0.15) is 0 Å². The summed E-state index contributed by atoms with van der Waals surface area (Å²) in [5.74, 6) is -1.20. The molecule has 4 atom stereocenters. The lowest BCUT2D eigenvalue weighted by molar-refractivity contribution is -0.142. The maximum absolute atomic E-state index is 11.8. The lowest BCUT2D eigenvalue weighted by Gasteiger charge is -2.25. The molecule has 1 aliphatic heterocycles. The first-order valence-corrected chi connectivity index (χ1v) is 7.75. The molecule has 0 aromatic heterocycles. The van der Waals surface area contributed by atoms with E-state index in [-0.39, 0.29) is 36.5 Å². The topological polar surface area (TPSA) is 72.8 Å². The third-order valence-corrected chi connectivity index (χ3v) is 4.38. The van der Waals surface area contributed by atoms with Crippen LogP contribution in [0.25, 0.3) is 0 Å². The third-order valence-electron chi connectivity index (χ3n) is 4.38. The standard InChI is InChI=1S/C17H24O5/c1-10-5-4-6-13(9-21-12(3)18)8-14(19)16-11(2)17(20)22-15(16)7-10/h6-7,11,14-16,19H,4-5,8-9H2,1-3H3/b10-7+,13-6+/t11?,14-,15?,16?/m1/s1. The molecule has 1 aliphatic carbocycles. The first-order chi connectivity index (χ1) is 10.4. The minimum Gasteiger partial charge on any atom is -0.461 e. The van der Waals surface area contributed by atoms with Crippen LogP contribution in [0.1, 0.15) is 40.0 Å². The van der Waals surface area contributed by atoms with Gasteiger partial charge in [0.1, 0.15) is 12.7 Å². The Hall–Kier alpha value is -1.62. The van der Waals surface area contributed by atoms with Crippen molar-refractivity contribution in [1.29, 1.82) is 0 Å². The molecule has 0 radical (unpaired) electrons. The van der Waals surface area contributed by atoms with Crippen LogP contribution in [0.3, 0.4) is 0 Å². The predicted molar refractivity (Wildman–Crippen MR) is 80.9 cm³/mol. The zero-order valence-corrected chi connectivity index (χ0v) is 13.4. The van der Waals surface area contributed by atoms with Gasteiger partial charge in [-0.25, -0.2) is 0 Å². The van der Waals surface area contributed by atoms with Gasteiger partial charge in [0.25, 0.3) is 0 Å². The van der Waals surface area contributed by atoms with E-state index >= 15 is 0 Å². The summed E-state index contributed by atoms with van der Waals surface area (Å²) in [6.07, 6.45) is 4.97. The Bertz CT molecular complexity index is 505. The van der Waals surface area contributed by atoms with Crippen LogP contribution in [0.5, 0.6) is 0 Å². The molecule has 22 heavy (non-hydrogen) atoms. The number of allylic oxidation sites excluding steroid dienone is 2. The van der Waals surface area contributed by atoms with E-state index in [1.165, 1.54) is 6.92 Å². The van der Waals surface area contributed by atoms with Gasteiger partial charge in [-0.3, -0.25) is 9.59 Å². The lowest BCUT2D eigenvalue weighted by Crippen LogP contribution is -2.32. The van der Waals surface area contributed by atoms with Crippen LogP contribution < -0.4 is 0 Å². The molecule has 1 N–H and O–H groups in total. The van der Waals surface area contributed by atoms with Gasteiger partial charge in [0, 0.05) is 12.8 Å². The number of hydrogen-bond donors (Lipinski definition) is 1. The maximum Gasteiger partial charge on any atom is 0.309 e. The van der Waals surface area contributed by atoms with Crippen molar-refractivity contribution in [2.75, 3.05) is 6.61 Å². The van der Waals surface area contributed by atoms with Crippen molar-refractivity contribution in [2.24, 2.45) is 11.8 Å². The molecule has 122 valence electrons. The zero-order valence-electron chi connectivity index (χ0n) is 13.4. The van der Waals surface area contributed by atoms with Crippen LogP contribution in [0.15, 0.2) is 23.3 Å². The van der Waals surface area contributed by atoms with Gasteiger partial charge >= 0.3 is 11.9 Å². The number of ether oxygens (including phenoxy) is 2. The largest absolute Gasteiger partial charge is 0.461 e. The molecule has 5 heteroatoms. The molecule has 0 amide bonds. The van der Waals surface area contributed by atoms with Gasteiger partial charge in [-0.15, -0.1) is 0 Å². The van der Waals surface area contributed by atoms with E-state index in [1.807, 2.05) is 19.1 Å². The average Bonchev–Trinajstić information content (AvgIpc) is 2.70. The Kier molecular flexibility index (Phi) is 5.40. The molecule has 0 saturated carbocycles. The van der Waals surface area contributed by atoms with Crippen molar-refractivity contribution < 1.29 is 24.2 Å². The number of esters is 2. The Morgan fingerprint density at radius 2 is 2.23 bits per heavy atom. The SMILES string of the molecule is CC(=O)OC/C1=C/CC/C(C)=C/C2OC(=O)C(C)C2[C@H](O)C1. The fourth-order valence-corrected chi connectivity index (χ4v) is 3.13. The summed E-state index contributed by atoms with van der Waals surface area (Å²) >= 11 is 0. The summed E-state index contributed by atoms with van der Waals surface area (Å²) in [5, 5.41) is 10.6. The number of hydrogen-bond acceptors (Lipinski definition) is 5. The van der Waals surface area contributed by atoms with Crippen LogP contribution in [-0.2, 0) is 19.1 Å². The molecular weight excluding hydrogens is 284 g/mol. The Morgan fingerprint density at radius 1 is 1.50 bits per heavy atom. The normalized spacial score (nSPS) is 37.2. The van der Waals surface area contributed by atoms with Crippen LogP contribution in [0.2, 0.25) is 0 Å². The van der Waals surface area contributed by atoms with Crippen molar-refractivity contribution in [3.8, 4) is 0 Å². The lowest BCUT2D eigenvalue weighted by atomic mass is 9.82. The minimum absolute atomic E-state index is 0.190. The molecule has 1 saturated heterocycles. The molecule has 0 aromatic rings. The number of carbonyl (C=O) groups is 2. The summed E-state index contributed by atoms with van der Waals surface area (Å²) in [4.78, 5) is 22.8. The zero-order chi connectivity index (χ0) is 16.3. The highest BCUT2D eigenvalue weighted by atomic mass is 16.6. The van der Waals surface area contributed by atoms with Crippen molar-refractivity contribution >= 4 is 11.9 Å². The second-order valence-electron chi connectivity index (χ2n) is 6.23. The number of aliphatic hydroxyl groups excluding tert-OH is 1. The van der Waals surface area contributed by atoms with Gasteiger partial charge < -0.3 is 14.6 Å². The maximum atomic E-state index is 11.8. The Labute approximate surface area is 131 Å². The Balaban J connectivity index is 2.20. The molecule has 3 unspecified atom stereocenters. The number of carbonyl (C=O) groups excluding carboxylic acids is 2. The Morgan fingerprint density at radius 3 is 2.91 bits per heavy atom. The number of aliphatic hydroxyl groups is 1. The van der Waals surface area contributed by atoms with E-state index < -0.39 is 6.10 Å². The highest BCUT2D eigenvalue weighted by Gasteiger charge is 2.44. The first-order valence-electron chi connectivity index (χ1n) is 7.75. The number of fused-ring (bicyclic) bond motifs is 1. The fraction of sp³-hybridized carbons (Fsp3) is 0.647. The van der Waals surface area contributed by atoms with Crippen molar-refractivity contribution in [3.05, 3.63) is 23.3 Å². The molecule has 2 aliphatic rings. The fourth-order valence-electron chi connectivity index (χ4n) is 3.13. The molecule has 5 nitrogen and oxygen atoms in total. The van der Waals surface area contributed by atoms with Gasteiger partial charge in [-0.05, 0) is 37.8 Å². The third kappa shape index (κ3) is 3.97. The summed E-state index contributed by atoms with van der Waals surface area (Å²) in [7, 11) is 0. The molecular formula is C17H24O5. The minimum atomic E-state index is -0.699. The van der Waals surface area contributed by atoms with Gasteiger partial charge in [0.05, 0.1) is 12.0 Å². The molecule has 0 spiro atoms. The van der Waals surface area contributed by atoms with E-state index in [2.05, 4.69) is 0 Å². The van der Waals surface area contributed by atoms with E-state index in [4.69, 9.17) is 9.47 Å². The van der Waals surface area contributed by atoms with Crippen molar-refractivity contribution in [1.82, 2.24) is 0 Å². The second kappa shape index (κ2) is 7.09. The highest BCUT2D eigenvalue weighted by molar-refractivity contribution is 5.75. The smallest absolute Gasteiger partial charge is 0.309 e. The van der Waals surface area contributed by atoms with Crippen LogP contribution in [0.4, 0.5) is 0 Å². The van der Waals surface area contributed by atoms with Crippen LogP contribution in [-0.4, -0.2) is 35.9 Å². The van der Waals surface area contributed by atoms with Crippen LogP contribution in [0, 0.1) is 11.8 Å². The van der Waals surface area contributed by atoms with Gasteiger partial charge in [0.2, 0.25) is 0 Å². The summed E-state index contributed by atoms with van der Waals surface area (Å²) in [6.45, 7) is 5.35. The van der Waals surface area contributed by atoms with Crippen LogP contribution >= 0.6 is 0 Å². The van der Waals surface area contributed by atoms with E-state index in [0.29, 0.717) is 6.42 Å². The molecule has 2 rings (SSSR count). The van der Waals surface area contributed by atoms with Crippen molar-refractivity contribution in [2.45, 2.75) is 52.2 Å². The van der Waals surface area contributed by atoms with E-state index in [0.717, 1.165) is 24.0 Å². The molecule has 0 aromatic carbocycles. The first kappa shape index (κ1) is 16.7. The highest BCUT2D eigenvalue weighted by Crippen LogP contribution is 2.35. The van der Waals surface area contributed by atoms with Gasteiger partial charge in [-0.1, -0.05) is 18.6 Å².